The molecule has 1 N–H and O–H groups in total. The average Bonchev–Trinajstić information content (AvgIpc) is 3.18. The molecule has 2 aromatic rings. The molecular formula is C14H20ClN5OS. The molecule has 1 amide bonds. The van der Waals surface area contributed by atoms with Crippen molar-refractivity contribution in [3.8, 4) is 0 Å². The lowest BCUT2D eigenvalue weighted by Crippen LogP contribution is -2.32. The van der Waals surface area contributed by atoms with E-state index in [0.29, 0.717) is 12.6 Å². The first-order chi connectivity index (χ1) is 10.2. The molecule has 0 aromatic carbocycles. The Bertz CT molecular complexity index is 594. The minimum atomic E-state index is -0.135. The average molecular weight is 342 g/mol. The number of nitrogens with one attached hydrogen (secondary N) is 1. The van der Waals surface area contributed by atoms with Crippen molar-refractivity contribution in [1.82, 2.24) is 25.0 Å². The molecule has 3 heterocycles. The summed E-state index contributed by atoms with van der Waals surface area (Å²) in [5.41, 5.74) is 1.13. The van der Waals surface area contributed by atoms with Gasteiger partial charge in [0.25, 0.3) is 5.91 Å². The van der Waals surface area contributed by atoms with E-state index in [1.807, 2.05) is 21.5 Å². The molecule has 6 nitrogen and oxygen atoms in total. The molecular weight excluding hydrogens is 322 g/mol. The number of carbonyl (C=O) groups excluding carboxylic acids is 1. The highest BCUT2D eigenvalue weighted by Crippen LogP contribution is 2.15. The molecule has 0 aliphatic carbocycles. The molecule has 120 valence electrons. The van der Waals surface area contributed by atoms with Gasteiger partial charge in [0.1, 0.15) is 6.33 Å². The molecule has 0 saturated carbocycles. The van der Waals surface area contributed by atoms with Crippen LogP contribution in [0.25, 0.3) is 0 Å². The number of thiophene rings is 1. The van der Waals surface area contributed by atoms with Gasteiger partial charge in [0.2, 0.25) is 5.82 Å². The molecule has 0 spiro atoms. The van der Waals surface area contributed by atoms with Crippen molar-refractivity contribution in [3.63, 3.8) is 0 Å². The Morgan fingerprint density at radius 2 is 2.45 bits per heavy atom. The smallest absolute Gasteiger partial charge is 0.293 e. The second-order valence-electron chi connectivity index (χ2n) is 5.34. The molecule has 1 aliphatic heterocycles. The maximum atomic E-state index is 12.3. The fraction of sp³-hybridized carbons (Fsp3) is 0.500. The van der Waals surface area contributed by atoms with Crippen molar-refractivity contribution in [3.05, 3.63) is 34.5 Å². The maximum Gasteiger partial charge on any atom is 0.293 e. The topological polar surface area (TPSA) is 63.1 Å². The first-order valence-corrected chi connectivity index (χ1v) is 8.07. The highest BCUT2D eigenvalue weighted by molar-refractivity contribution is 7.07. The Hall–Kier alpha value is -1.44. The van der Waals surface area contributed by atoms with Gasteiger partial charge in [0.15, 0.2) is 0 Å². The molecule has 1 unspecified atom stereocenters. The van der Waals surface area contributed by atoms with E-state index in [4.69, 9.17) is 0 Å². The van der Waals surface area contributed by atoms with Crippen LogP contribution in [0.15, 0.2) is 23.2 Å². The Morgan fingerprint density at radius 1 is 1.59 bits per heavy atom. The number of aromatic nitrogens is 3. The van der Waals surface area contributed by atoms with Crippen molar-refractivity contribution in [2.45, 2.75) is 25.4 Å². The minimum absolute atomic E-state index is 0. The van der Waals surface area contributed by atoms with Gasteiger partial charge in [-0.3, -0.25) is 4.79 Å². The van der Waals surface area contributed by atoms with Gasteiger partial charge in [0, 0.05) is 20.1 Å². The van der Waals surface area contributed by atoms with E-state index in [-0.39, 0.29) is 24.1 Å². The van der Waals surface area contributed by atoms with Crippen molar-refractivity contribution in [2.75, 3.05) is 20.1 Å². The zero-order valence-electron chi connectivity index (χ0n) is 12.4. The van der Waals surface area contributed by atoms with Crippen LogP contribution in [0.5, 0.6) is 0 Å². The highest BCUT2D eigenvalue weighted by Gasteiger charge is 2.20. The summed E-state index contributed by atoms with van der Waals surface area (Å²) in [6, 6.07) is 2.32. The first kappa shape index (κ1) is 16.9. The fourth-order valence-electron chi connectivity index (χ4n) is 2.51. The third-order valence-electron chi connectivity index (χ3n) is 3.69. The van der Waals surface area contributed by atoms with Crippen LogP contribution in [0.4, 0.5) is 0 Å². The monoisotopic (exact) mass is 341 g/mol. The predicted molar refractivity (Wildman–Crippen MR) is 88.5 cm³/mol. The summed E-state index contributed by atoms with van der Waals surface area (Å²) in [4.78, 5) is 18.2. The number of amides is 1. The quantitative estimate of drug-likeness (QED) is 0.923. The molecule has 1 saturated heterocycles. The second kappa shape index (κ2) is 7.71. The van der Waals surface area contributed by atoms with E-state index in [9.17, 15) is 4.79 Å². The van der Waals surface area contributed by atoms with E-state index in [0.717, 1.165) is 31.5 Å². The summed E-state index contributed by atoms with van der Waals surface area (Å²) in [6.07, 6.45) is 3.88. The van der Waals surface area contributed by atoms with Gasteiger partial charge in [-0.2, -0.15) is 11.3 Å². The van der Waals surface area contributed by atoms with E-state index >= 15 is 0 Å². The zero-order valence-corrected chi connectivity index (χ0v) is 14.1. The van der Waals surface area contributed by atoms with Crippen molar-refractivity contribution < 1.29 is 4.79 Å². The van der Waals surface area contributed by atoms with Crippen LogP contribution < -0.4 is 5.32 Å². The van der Waals surface area contributed by atoms with E-state index in [1.165, 1.54) is 0 Å². The van der Waals surface area contributed by atoms with Gasteiger partial charge < -0.3 is 10.2 Å². The summed E-state index contributed by atoms with van der Waals surface area (Å²) in [5.74, 6) is 0.141. The lowest BCUT2D eigenvalue weighted by molar-refractivity contribution is 0.0772. The third kappa shape index (κ3) is 3.85. The summed E-state index contributed by atoms with van der Waals surface area (Å²) >= 11 is 1.63. The Morgan fingerprint density at radius 3 is 3.14 bits per heavy atom. The normalized spacial score (nSPS) is 17.8. The summed E-state index contributed by atoms with van der Waals surface area (Å²) in [5, 5.41) is 11.8. The Labute approximate surface area is 139 Å². The van der Waals surface area contributed by atoms with Crippen molar-refractivity contribution in [2.24, 2.45) is 0 Å². The molecule has 1 atom stereocenters. The van der Waals surface area contributed by atoms with Gasteiger partial charge in [-0.05, 0) is 41.8 Å². The van der Waals surface area contributed by atoms with Gasteiger partial charge in [0.05, 0.1) is 6.04 Å². The van der Waals surface area contributed by atoms with Crippen LogP contribution in [0.1, 0.15) is 35.1 Å². The minimum Gasteiger partial charge on any atom is -0.335 e. The van der Waals surface area contributed by atoms with Crippen LogP contribution in [0, 0.1) is 0 Å². The molecule has 8 heteroatoms. The largest absolute Gasteiger partial charge is 0.335 e. The third-order valence-corrected chi connectivity index (χ3v) is 4.42. The summed E-state index contributed by atoms with van der Waals surface area (Å²) < 4.78 is 1.82. The maximum absolute atomic E-state index is 12.3. The predicted octanol–water partition coefficient (Wildman–Crippen LogP) is 1.96. The number of nitrogens with zero attached hydrogens (tertiary/aromatic N) is 4. The molecule has 0 bridgehead atoms. The fourth-order valence-corrected chi connectivity index (χ4v) is 3.17. The zero-order chi connectivity index (χ0) is 14.7. The molecule has 22 heavy (non-hydrogen) atoms. The SMILES string of the molecule is CN(Cc1ccsc1)C(=O)c1ncn(C2CCCNC2)n1.Cl. The highest BCUT2D eigenvalue weighted by atomic mass is 35.5. The number of rotatable bonds is 4. The number of hydrogen-bond acceptors (Lipinski definition) is 5. The lowest BCUT2D eigenvalue weighted by atomic mass is 10.1. The van der Waals surface area contributed by atoms with Gasteiger partial charge >= 0.3 is 0 Å². The number of carbonyl (C=O) groups is 1. The Kier molecular flexibility index (Phi) is 5.93. The van der Waals surface area contributed by atoms with Gasteiger partial charge in [-0.25, -0.2) is 9.67 Å². The molecule has 0 radical (unpaired) electrons. The van der Waals surface area contributed by atoms with Crippen molar-refractivity contribution >= 4 is 29.7 Å². The van der Waals surface area contributed by atoms with Crippen LogP contribution in [-0.2, 0) is 6.54 Å². The number of piperidine rings is 1. The molecule has 1 fully saturated rings. The Balaban J connectivity index is 0.00000176. The number of hydrogen-bond donors (Lipinski definition) is 1. The summed E-state index contributed by atoms with van der Waals surface area (Å²) in [7, 11) is 1.78. The molecule has 1 aliphatic rings. The molecule has 2 aromatic heterocycles. The standard InChI is InChI=1S/C14H19N5OS.ClH/c1-18(8-11-4-6-21-9-11)14(20)13-16-10-19(17-13)12-3-2-5-15-7-12;/h4,6,9-10,12,15H,2-3,5,7-8H2,1H3;1H. The van der Waals surface area contributed by atoms with E-state index < -0.39 is 0 Å². The van der Waals surface area contributed by atoms with Crippen LogP contribution in [0.2, 0.25) is 0 Å². The summed E-state index contributed by atoms with van der Waals surface area (Å²) in [6.45, 7) is 2.53. The van der Waals surface area contributed by atoms with E-state index in [2.05, 4.69) is 15.4 Å². The second-order valence-corrected chi connectivity index (χ2v) is 6.12. The van der Waals surface area contributed by atoms with Gasteiger partial charge in [-0.1, -0.05) is 0 Å². The van der Waals surface area contributed by atoms with Crippen LogP contribution in [-0.4, -0.2) is 45.7 Å². The lowest BCUT2D eigenvalue weighted by Gasteiger charge is -2.22. The van der Waals surface area contributed by atoms with E-state index in [1.54, 1.807) is 29.6 Å². The first-order valence-electron chi connectivity index (χ1n) is 7.12. The number of halogens is 1. The van der Waals surface area contributed by atoms with Crippen LogP contribution >= 0.6 is 23.7 Å². The van der Waals surface area contributed by atoms with Crippen LogP contribution in [0.3, 0.4) is 0 Å². The van der Waals surface area contributed by atoms with Crippen molar-refractivity contribution in [1.29, 1.82) is 0 Å². The molecule has 3 rings (SSSR count). The van der Waals surface area contributed by atoms with Gasteiger partial charge in [-0.15, -0.1) is 17.5 Å².